The quantitative estimate of drug-likeness (QED) is 0.595. The van der Waals surface area contributed by atoms with Crippen molar-refractivity contribution in [2.24, 2.45) is 5.73 Å². The van der Waals surface area contributed by atoms with E-state index in [4.69, 9.17) is 5.73 Å². The molecule has 0 heterocycles. The van der Waals surface area contributed by atoms with Crippen molar-refractivity contribution in [2.45, 2.75) is 18.6 Å². The van der Waals surface area contributed by atoms with Gasteiger partial charge in [-0.3, -0.25) is 0 Å². The van der Waals surface area contributed by atoms with E-state index in [-0.39, 0.29) is 0 Å². The molecule has 1 nitrogen and oxygen atoms in total. The molecule has 0 amide bonds. The van der Waals surface area contributed by atoms with Crippen molar-refractivity contribution in [1.29, 1.82) is 0 Å². The summed E-state index contributed by atoms with van der Waals surface area (Å²) < 4.78 is 61.1. The van der Waals surface area contributed by atoms with Crippen molar-refractivity contribution in [2.75, 3.05) is 0 Å². The minimum atomic E-state index is -5.00. The first-order valence-electron chi connectivity index (χ1n) is 3.41. The predicted molar refractivity (Wildman–Crippen MR) is 36.0 cm³/mol. The summed E-state index contributed by atoms with van der Waals surface area (Å²) in [5, 5.41) is 0. The van der Waals surface area contributed by atoms with Gasteiger partial charge in [0.15, 0.2) is 0 Å². The highest BCUT2D eigenvalue weighted by Crippen LogP contribution is 2.38. The zero-order valence-corrected chi connectivity index (χ0v) is 6.33. The Morgan fingerprint density at radius 1 is 1.31 bits per heavy atom. The largest absolute Gasteiger partial charge is 0.421 e. The summed E-state index contributed by atoms with van der Waals surface area (Å²) >= 11 is 0. The molecular weight excluding hydrogens is 193 g/mol. The highest BCUT2D eigenvalue weighted by molar-refractivity contribution is 5.37. The molecule has 0 radical (unpaired) electrons. The first-order chi connectivity index (χ1) is 5.82. The van der Waals surface area contributed by atoms with Gasteiger partial charge in [-0.1, -0.05) is 0 Å². The zero-order valence-electron chi connectivity index (χ0n) is 6.33. The number of allylic oxidation sites excluding steroid dienone is 2. The molecule has 0 saturated heterocycles. The molecule has 1 aliphatic carbocycles. The van der Waals surface area contributed by atoms with Gasteiger partial charge in [-0.2, -0.15) is 13.2 Å². The number of halogens is 5. The Labute approximate surface area is 70.7 Å². The topological polar surface area (TPSA) is 26.0 Å². The van der Waals surface area contributed by atoms with E-state index in [1.165, 1.54) is 0 Å². The molecule has 6 heteroatoms. The highest BCUT2D eigenvalue weighted by atomic mass is 19.4. The number of alkyl halides is 3. The molecule has 0 saturated carbocycles. The van der Waals surface area contributed by atoms with Crippen LogP contribution in [0.3, 0.4) is 0 Å². The van der Waals surface area contributed by atoms with E-state index < -0.39 is 35.9 Å². The maximum atomic E-state index is 12.6. The molecule has 74 valence electrons. The second-order valence-electron chi connectivity index (χ2n) is 2.66. The summed E-state index contributed by atoms with van der Waals surface area (Å²) in [6, 6.07) is -1.02. The maximum absolute atomic E-state index is 12.6. The second kappa shape index (κ2) is 3.10. The first-order valence-corrected chi connectivity index (χ1v) is 3.41. The number of rotatable bonds is 0. The van der Waals surface area contributed by atoms with Crippen LogP contribution >= 0.6 is 0 Å². The molecule has 0 aromatic carbocycles. The molecule has 13 heavy (non-hydrogen) atoms. The average Bonchev–Trinajstić information content (AvgIpc) is 1.78. The molecule has 0 fully saturated rings. The van der Waals surface area contributed by atoms with Crippen molar-refractivity contribution in [3.8, 4) is 0 Å². The normalized spacial score (nSPS) is 24.8. The van der Waals surface area contributed by atoms with E-state index in [9.17, 15) is 22.0 Å². The van der Waals surface area contributed by atoms with Gasteiger partial charge in [-0.15, -0.1) is 0 Å². The highest BCUT2D eigenvalue weighted by Gasteiger charge is 2.41. The summed E-state index contributed by atoms with van der Waals surface area (Å²) in [7, 11) is 0. The van der Waals surface area contributed by atoms with Gasteiger partial charge < -0.3 is 5.73 Å². The molecule has 2 N–H and O–H groups in total. The van der Waals surface area contributed by atoms with Crippen molar-refractivity contribution >= 4 is 0 Å². The summed E-state index contributed by atoms with van der Waals surface area (Å²) in [6.07, 6.45) is -5.04. The SMILES string of the molecule is NC1C=C(F)C(C(F)(F)F)=C(F)C1. The van der Waals surface area contributed by atoms with Crippen LogP contribution in [0.25, 0.3) is 0 Å². The standard InChI is InChI=1S/C7H6F5N/c8-4-1-3(13)2-5(9)6(4)7(10,11)12/h1,3H,2,13H2. The van der Waals surface area contributed by atoms with Crippen molar-refractivity contribution in [3.63, 3.8) is 0 Å². The van der Waals surface area contributed by atoms with Crippen LogP contribution in [0.2, 0.25) is 0 Å². The van der Waals surface area contributed by atoms with Crippen LogP contribution < -0.4 is 5.73 Å². The van der Waals surface area contributed by atoms with Crippen LogP contribution in [0.15, 0.2) is 23.3 Å². The fourth-order valence-corrected chi connectivity index (χ4v) is 1.06. The fourth-order valence-electron chi connectivity index (χ4n) is 1.06. The van der Waals surface area contributed by atoms with Gasteiger partial charge in [0.25, 0.3) is 0 Å². The van der Waals surface area contributed by atoms with Crippen LogP contribution in [0.1, 0.15) is 6.42 Å². The van der Waals surface area contributed by atoms with Gasteiger partial charge in [0.1, 0.15) is 17.2 Å². The second-order valence-corrected chi connectivity index (χ2v) is 2.66. The lowest BCUT2D eigenvalue weighted by atomic mass is 10.0. The molecule has 0 aliphatic heterocycles. The smallest absolute Gasteiger partial charge is 0.324 e. The summed E-state index contributed by atoms with van der Waals surface area (Å²) in [4.78, 5) is 0. The van der Waals surface area contributed by atoms with E-state index in [2.05, 4.69) is 0 Å². The van der Waals surface area contributed by atoms with E-state index >= 15 is 0 Å². The van der Waals surface area contributed by atoms with E-state index in [0.29, 0.717) is 6.08 Å². The third-order valence-corrected chi connectivity index (χ3v) is 1.57. The Bertz CT molecular complexity index is 275. The lowest BCUT2D eigenvalue weighted by Crippen LogP contribution is -2.25. The summed E-state index contributed by atoms with van der Waals surface area (Å²) in [6.45, 7) is 0. The fraction of sp³-hybridized carbons (Fsp3) is 0.429. The molecule has 1 rings (SSSR count). The Morgan fingerprint density at radius 2 is 1.85 bits per heavy atom. The molecule has 1 unspecified atom stereocenters. The predicted octanol–water partition coefficient (Wildman–Crippen LogP) is 2.36. The van der Waals surface area contributed by atoms with Gasteiger partial charge in [0.05, 0.1) is 0 Å². The molecular formula is C7H6F5N. The first kappa shape index (κ1) is 10.2. The van der Waals surface area contributed by atoms with Gasteiger partial charge >= 0.3 is 6.18 Å². The van der Waals surface area contributed by atoms with Crippen molar-refractivity contribution < 1.29 is 22.0 Å². The van der Waals surface area contributed by atoms with Crippen LogP contribution in [0.4, 0.5) is 22.0 Å². The van der Waals surface area contributed by atoms with Gasteiger partial charge in [0, 0.05) is 12.5 Å². The Balaban J connectivity index is 3.09. The van der Waals surface area contributed by atoms with Crippen LogP contribution in [0, 0.1) is 0 Å². The number of nitrogens with two attached hydrogens (primary N) is 1. The molecule has 0 aromatic heterocycles. The monoisotopic (exact) mass is 199 g/mol. The third-order valence-electron chi connectivity index (χ3n) is 1.57. The van der Waals surface area contributed by atoms with E-state index in [1.54, 1.807) is 0 Å². The van der Waals surface area contributed by atoms with Crippen LogP contribution in [-0.4, -0.2) is 12.2 Å². The Kier molecular flexibility index (Phi) is 2.42. The molecule has 1 aliphatic rings. The summed E-state index contributed by atoms with van der Waals surface area (Å²) in [5.41, 5.74) is 3.22. The summed E-state index contributed by atoms with van der Waals surface area (Å²) in [5.74, 6) is -3.18. The van der Waals surface area contributed by atoms with Gasteiger partial charge in [-0.25, -0.2) is 8.78 Å². The minimum absolute atomic E-state index is 0.561. The van der Waals surface area contributed by atoms with E-state index in [0.717, 1.165) is 0 Å². The van der Waals surface area contributed by atoms with Crippen molar-refractivity contribution in [1.82, 2.24) is 0 Å². The lowest BCUT2D eigenvalue weighted by Gasteiger charge is -2.18. The molecule has 0 spiro atoms. The van der Waals surface area contributed by atoms with Crippen LogP contribution in [-0.2, 0) is 0 Å². The molecule has 1 atom stereocenters. The number of hydrogen-bond donors (Lipinski definition) is 1. The third kappa shape index (κ3) is 2.06. The zero-order chi connectivity index (χ0) is 10.2. The average molecular weight is 199 g/mol. The maximum Gasteiger partial charge on any atom is 0.421 e. The Hall–Kier alpha value is -0.910. The Morgan fingerprint density at radius 3 is 2.23 bits per heavy atom. The van der Waals surface area contributed by atoms with Crippen molar-refractivity contribution in [3.05, 3.63) is 23.3 Å². The molecule has 0 bridgehead atoms. The molecule has 0 aromatic rings. The van der Waals surface area contributed by atoms with Gasteiger partial charge in [0.2, 0.25) is 0 Å². The minimum Gasteiger partial charge on any atom is -0.324 e. The van der Waals surface area contributed by atoms with Crippen LogP contribution in [0.5, 0.6) is 0 Å². The number of hydrogen-bond acceptors (Lipinski definition) is 1. The van der Waals surface area contributed by atoms with Gasteiger partial charge in [-0.05, 0) is 6.08 Å². The van der Waals surface area contributed by atoms with E-state index in [1.807, 2.05) is 0 Å². The lowest BCUT2D eigenvalue weighted by molar-refractivity contribution is -0.0935.